The Balaban J connectivity index is 2.11. The van der Waals surface area contributed by atoms with Gasteiger partial charge in [0.1, 0.15) is 5.60 Å². The number of aromatic nitrogens is 1. The van der Waals surface area contributed by atoms with E-state index in [-0.39, 0.29) is 18.4 Å². The van der Waals surface area contributed by atoms with E-state index < -0.39 is 77.1 Å². The van der Waals surface area contributed by atoms with Crippen molar-refractivity contribution in [3.8, 4) is 11.3 Å². The fourth-order valence-electron chi connectivity index (χ4n) is 4.66. The van der Waals surface area contributed by atoms with Crippen LogP contribution in [0, 0.1) is 0 Å². The SMILES string of the molecule is C=CCCC(OCc1ccccc1)(C(=O)NNC(=O)c1nc(-c2ccccc2CC=C)c(C(F)(F)F)cc1NC(=O)OC(C)(C)C)C(F)(F)F. The number of hydrazine groups is 1. The van der Waals surface area contributed by atoms with Gasteiger partial charge in [0.2, 0.25) is 5.60 Å². The Morgan fingerprint density at radius 2 is 1.52 bits per heavy atom. The highest BCUT2D eigenvalue weighted by atomic mass is 19.4. The minimum absolute atomic E-state index is 0.0449. The summed E-state index contributed by atoms with van der Waals surface area (Å²) in [5.74, 6) is -3.30. The largest absolute Gasteiger partial charge is 0.444 e. The Morgan fingerprint density at radius 3 is 2.10 bits per heavy atom. The number of rotatable bonds is 12. The lowest BCUT2D eigenvalue weighted by Crippen LogP contribution is -2.61. The first-order valence-electron chi connectivity index (χ1n) is 15.1. The van der Waals surface area contributed by atoms with Crippen LogP contribution in [0.15, 0.2) is 86.0 Å². The Bertz CT molecular complexity index is 1700. The number of nitrogens with one attached hydrogen (secondary N) is 3. The molecular formula is C35H36F6N4O5. The van der Waals surface area contributed by atoms with Gasteiger partial charge in [-0.15, -0.1) is 13.2 Å². The summed E-state index contributed by atoms with van der Waals surface area (Å²) in [6.45, 7) is 10.8. The number of anilines is 1. The molecule has 1 aromatic heterocycles. The lowest BCUT2D eigenvalue weighted by Gasteiger charge is -2.34. The lowest BCUT2D eigenvalue weighted by molar-refractivity contribution is -0.273. The second kappa shape index (κ2) is 16.0. The fraction of sp³-hybridized carbons (Fsp3) is 0.314. The van der Waals surface area contributed by atoms with E-state index in [9.17, 15) is 40.7 Å². The van der Waals surface area contributed by atoms with Crippen molar-refractivity contribution in [2.45, 2.75) is 70.2 Å². The molecule has 0 bridgehead atoms. The molecule has 3 rings (SSSR count). The van der Waals surface area contributed by atoms with Gasteiger partial charge in [0.05, 0.1) is 23.6 Å². The highest BCUT2D eigenvalue weighted by molar-refractivity contribution is 6.03. The number of nitrogens with zero attached hydrogens (tertiary/aromatic N) is 1. The first-order chi connectivity index (χ1) is 23.3. The van der Waals surface area contributed by atoms with Crippen LogP contribution in [-0.4, -0.2) is 40.3 Å². The van der Waals surface area contributed by atoms with E-state index in [1.54, 1.807) is 35.1 Å². The summed E-state index contributed by atoms with van der Waals surface area (Å²) in [5, 5.41) is 2.06. The van der Waals surface area contributed by atoms with Crippen molar-refractivity contribution in [2.24, 2.45) is 0 Å². The summed E-state index contributed by atoms with van der Waals surface area (Å²) in [6, 6.07) is 14.0. The van der Waals surface area contributed by atoms with Crippen LogP contribution in [0.25, 0.3) is 11.3 Å². The van der Waals surface area contributed by atoms with Crippen molar-refractivity contribution >= 4 is 23.6 Å². The molecule has 0 aliphatic carbocycles. The molecule has 1 heterocycles. The van der Waals surface area contributed by atoms with Gasteiger partial charge >= 0.3 is 18.4 Å². The van der Waals surface area contributed by atoms with Crippen LogP contribution in [0.4, 0.5) is 36.8 Å². The van der Waals surface area contributed by atoms with E-state index in [2.05, 4.69) is 23.5 Å². The molecule has 3 N–H and O–H groups in total. The molecule has 0 radical (unpaired) electrons. The number of benzene rings is 2. The highest BCUT2D eigenvalue weighted by Crippen LogP contribution is 2.41. The Kier molecular flexibility index (Phi) is 12.6. The van der Waals surface area contributed by atoms with E-state index in [0.29, 0.717) is 17.2 Å². The van der Waals surface area contributed by atoms with Gasteiger partial charge in [-0.25, -0.2) is 9.78 Å². The first kappa shape index (κ1) is 39.3. The van der Waals surface area contributed by atoms with Crippen LogP contribution in [0.2, 0.25) is 0 Å². The quantitative estimate of drug-likeness (QED) is 0.0996. The molecular weight excluding hydrogens is 670 g/mol. The molecule has 0 saturated carbocycles. The van der Waals surface area contributed by atoms with Gasteiger partial charge < -0.3 is 9.47 Å². The topological polar surface area (TPSA) is 119 Å². The maximum Gasteiger partial charge on any atom is 0.426 e. The van der Waals surface area contributed by atoms with Crippen LogP contribution in [0.5, 0.6) is 0 Å². The number of carbonyl (C=O) groups excluding carboxylic acids is 3. The zero-order chi connectivity index (χ0) is 37.3. The maximum absolute atomic E-state index is 14.6. The number of allylic oxidation sites excluding steroid dienone is 2. The molecule has 268 valence electrons. The number of pyridine rings is 1. The van der Waals surface area contributed by atoms with Gasteiger partial charge in [-0.05, 0) is 57.2 Å². The number of alkyl halides is 6. The number of amides is 3. The molecule has 0 spiro atoms. The summed E-state index contributed by atoms with van der Waals surface area (Å²) in [7, 11) is 0. The maximum atomic E-state index is 14.6. The number of ether oxygens (including phenoxy) is 2. The molecule has 2 aromatic carbocycles. The van der Waals surface area contributed by atoms with Crippen molar-refractivity contribution in [1.29, 1.82) is 0 Å². The van der Waals surface area contributed by atoms with Crippen LogP contribution >= 0.6 is 0 Å². The summed E-state index contributed by atoms with van der Waals surface area (Å²) in [4.78, 5) is 43.5. The lowest BCUT2D eigenvalue weighted by atomic mass is 9.95. The third-order valence-electron chi connectivity index (χ3n) is 6.96. The Hall–Kier alpha value is -5.18. The average Bonchev–Trinajstić information content (AvgIpc) is 3.02. The monoisotopic (exact) mass is 706 g/mol. The molecule has 0 aliphatic rings. The van der Waals surface area contributed by atoms with E-state index in [1.165, 1.54) is 57.2 Å². The summed E-state index contributed by atoms with van der Waals surface area (Å²) in [6.07, 6.45) is -10.2. The van der Waals surface area contributed by atoms with Crippen LogP contribution in [0.1, 0.15) is 60.8 Å². The van der Waals surface area contributed by atoms with Crippen molar-refractivity contribution in [1.82, 2.24) is 15.8 Å². The molecule has 9 nitrogen and oxygen atoms in total. The van der Waals surface area contributed by atoms with E-state index in [4.69, 9.17) is 9.47 Å². The molecule has 1 atom stereocenters. The molecule has 3 amide bonds. The number of carbonyl (C=O) groups is 3. The van der Waals surface area contributed by atoms with E-state index in [0.717, 1.165) is 6.08 Å². The second-order valence-corrected chi connectivity index (χ2v) is 11.9. The van der Waals surface area contributed by atoms with Gasteiger partial charge in [0.25, 0.3) is 11.8 Å². The van der Waals surface area contributed by atoms with Crippen molar-refractivity contribution in [3.05, 3.63) is 108 Å². The van der Waals surface area contributed by atoms with Gasteiger partial charge in [-0.3, -0.25) is 25.8 Å². The standard InChI is InChI=1S/C35H36F6N4O5/c1-6-8-19-33(35(39,40)41,49-21-22-15-10-9-11-16-22)30(47)45-44-29(46)28-26(42-31(48)50-32(3,4)5)20-25(34(36,37)38)27(43-28)24-18-13-12-17-23(24)14-7-2/h6-7,9-13,15-18,20H,1-2,8,14,19,21H2,3-5H3,(H,42,48)(H,44,46)(H,45,47). The zero-order valence-corrected chi connectivity index (χ0v) is 27.4. The van der Waals surface area contributed by atoms with E-state index in [1.807, 2.05) is 0 Å². The summed E-state index contributed by atoms with van der Waals surface area (Å²) >= 11 is 0. The zero-order valence-electron chi connectivity index (χ0n) is 27.4. The minimum atomic E-state index is -5.31. The van der Waals surface area contributed by atoms with Crippen molar-refractivity contribution < 1.29 is 50.2 Å². The molecule has 1 unspecified atom stereocenters. The molecule has 50 heavy (non-hydrogen) atoms. The van der Waals surface area contributed by atoms with E-state index >= 15 is 0 Å². The fourth-order valence-corrected chi connectivity index (χ4v) is 4.66. The van der Waals surface area contributed by atoms with Gasteiger partial charge in [-0.2, -0.15) is 26.3 Å². The van der Waals surface area contributed by atoms with Crippen molar-refractivity contribution in [2.75, 3.05) is 5.32 Å². The highest BCUT2D eigenvalue weighted by Gasteiger charge is 2.61. The van der Waals surface area contributed by atoms with Gasteiger partial charge in [0.15, 0.2) is 5.69 Å². The summed E-state index contributed by atoms with van der Waals surface area (Å²) in [5.41, 5.74) is -4.29. The minimum Gasteiger partial charge on any atom is -0.444 e. The second-order valence-electron chi connectivity index (χ2n) is 11.9. The Labute approximate surface area is 284 Å². The number of hydrogen-bond acceptors (Lipinski definition) is 6. The normalized spacial score (nSPS) is 13.1. The predicted molar refractivity (Wildman–Crippen MR) is 173 cm³/mol. The molecule has 0 aliphatic heterocycles. The molecule has 15 heteroatoms. The number of halogens is 6. The third kappa shape index (κ3) is 9.94. The molecule has 0 fully saturated rings. The van der Waals surface area contributed by atoms with Crippen LogP contribution < -0.4 is 16.2 Å². The smallest absolute Gasteiger partial charge is 0.426 e. The molecule has 0 saturated heterocycles. The van der Waals surface area contributed by atoms with Gasteiger partial charge in [0, 0.05) is 5.56 Å². The van der Waals surface area contributed by atoms with Crippen LogP contribution in [0.3, 0.4) is 0 Å². The average molecular weight is 707 g/mol. The third-order valence-corrected chi connectivity index (χ3v) is 6.96. The first-order valence-corrected chi connectivity index (χ1v) is 15.1. The Morgan fingerprint density at radius 1 is 0.880 bits per heavy atom. The summed E-state index contributed by atoms with van der Waals surface area (Å²) < 4.78 is 97.6. The number of hydrogen-bond donors (Lipinski definition) is 3. The van der Waals surface area contributed by atoms with Gasteiger partial charge in [-0.1, -0.05) is 66.7 Å². The van der Waals surface area contributed by atoms with Crippen molar-refractivity contribution in [3.63, 3.8) is 0 Å². The predicted octanol–water partition coefficient (Wildman–Crippen LogP) is 8.09. The van der Waals surface area contributed by atoms with Crippen LogP contribution in [-0.2, 0) is 33.5 Å². The molecule has 3 aromatic rings.